The van der Waals surface area contributed by atoms with Crippen LogP contribution in [0.25, 0.3) is 5.65 Å². The monoisotopic (exact) mass is 272 g/mol. The highest BCUT2D eigenvalue weighted by Gasteiger charge is 2.19. The van der Waals surface area contributed by atoms with Crippen molar-refractivity contribution in [1.82, 2.24) is 9.38 Å². The summed E-state index contributed by atoms with van der Waals surface area (Å²) in [5, 5.41) is 0. The summed E-state index contributed by atoms with van der Waals surface area (Å²) in [5.41, 5.74) is 8.34. The minimum atomic E-state index is 0.154. The molecule has 1 fully saturated rings. The van der Waals surface area contributed by atoms with E-state index in [2.05, 4.69) is 34.6 Å². The van der Waals surface area contributed by atoms with Gasteiger partial charge in [-0.2, -0.15) is 0 Å². The lowest BCUT2D eigenvalue weighted by atomic mass is 10.2. The van der Waals surface area contributed by atoms with E-state index < -0.39 is 0 Å². The predicted octanol–water partition coefficient (Wildman–Crippen LogP) is 2.60. The van der Waals surface area contributed by atoms with Gasteiger partial charge in [-0.05, 0) is 31.9 Å². The number of fused-ring (bicyclic) bond motifs is 1. The third-order valence-electron chi connectivity index (χ3n) is 4.03. The summed E-state index contributed by atoms with van der Waals surface area (Å²) < 4.78 is 2.20. The maximum Gasteiger partial charge on any atom is 0.151 e. The minimum absolute atomic E-state index is 0.154. The van der Waals surface area contributed by atoms with Crippen LogP contribution in [0, 0.1) is 0 Å². The Bertz CT molecular complexity index is 565. The zero-order valence-corrected chi connectivity index (χ0v) is 12.3. The molecule has 0 aliphatic carbocycles. The summed E-state index contributed by atoms with van der Waals surface area (Å²) in [4.78, 5) is 7.32. The van der Waals surface area contributed by atoms with Gasteiger partial charge in [0.15, 0.2) is 5.82 Å². The molecule has 108 valence electrons. The molecule has 1 saturated heterocycles. The summed E-state index contributed by atoms with van der Waals surface area (Å²) in [6.07, 6.45) is 8.19. The minimum Gasteiger partial charge on any atom is -0.355 e. The number of aromatic nitrogens is 2. The molecule has 3 heterocycles. The number of hydrogen-bond donors (Lipinski definition) is 1. The number of rotatable bonds is 3. The highest BCUT2D eigenvalue weighted by Crippen LogP contribution is 2.25. The molecule has 0 bridgehead atoms. The van der Waals surface area contributed by atoms with E-state index in [0.29, 0.717) is 0 Å². The normalized spacial score (nSPS) is 18.2. The quantitative estimate of drug-likeness (QED) is 0.934. The molecule has 2 N–H and O–H groups in total. The highest BCUT2D eigenvalue weighted by atomic mass is 15.2. The third kappa shape index (κ3) is 2.66. The molecule has 20 heavy (non-hydrogen) atoms. The molecule has 0 radical (unpaired) electrons. The molecule has 2 aromatic rings. The number of hydrogen-bond acceptors (Lipinski definition) is 3. The van der Waals surface area contributed by atoms with Crippen LogP contribution in [0.2, 0.25) is 0 Å². The number of imidazole rings is 1. The first kappa shape index (κ1) is 13.4. The maximum absolute atomic E-state index is 6.04. The van der Waals surface area contributed by atoms with E-state index in [-0.39, 0.29) is 6.04 Å². The van der Waals surface area contributed by atoms with Crippen molar-refractivity contribution in [2.75, 3.05) is 18.0 Å². The zero-order valence-electron chi connectivity index (χ0n) is 12.3. The van der Waals surface area contributed by atoms with E-state index in [1.54, 1.807) is 0 Å². The van der Waals surface area contributed by atoms with Crippen LogP contribution in [0.5, 0.6) is 0 Å². The van der Waals surface area contributed by atoms with Gasteiger partial charge in [0, 0.05) is 31.7 Å². The Morgan fingerprint density at radius 3 is 2.65 bits per heavy atom. The van der Waals surface area contributed by atoms with E-state index in [0.717, 1.165) is 31.0 Å². The van der Waals surface area contributed by atoms with Gasteiger partial charge in [0.05, 0.1) is 5.69 Å². The number of anilines is 1. The van der Waals surface area contributed by atoms with E-state index in [4.69, 9.17) is 10.7 Å². The van der Waals surface area contributed by atoms with Crippen molar-refractivity contribution in [3.8, 4) is 0 Å². The summed E-state index contributed by atoms with van der Waals surface area (Å²) in [6.45, 7) is 4.31. The molecule has 1 aliphatic heterocycles. The first-order chi connectivity index (χ1) is 9.75. The van der Waals surface area contributed by atoms with Crippen LogP contribution >= 0.6 is 0 Å². The molecule has 1 atom stereocenters. The van der Waals surface area contributed by atoms with E-state index in [1.165, 1.54) is 31.4 Å². The van der Waals surface area contributed by atoms with Crippen LogP contribution in [0.3, 0.4) is 0 Å². The predicted molar refractivity (Wildman–Crippen MR) is 83.2 cm³/mol. The number of nitrogens with two attached hydrogens (primary N) is 1. The van der Waals surface area contributed by atoms with E-state index >= 15 is 0 Å². The van der Waals surface area contributed by atoms with Crippen molar-refractivity contribution < 1.29 is 0 Å². The zero-order chi connectivity index (χ0) is 13.9. The van der Waals surface area contributed by atoms with Gasteiger partial charge in [-0.1, -0.05) is 18.9 Å². The van der Waals surface area contributed by atoms with Crippen molar-refractivity contribution in [2.24, 2.45) is 5.73 Å². The van der Waals surface area contributed by atoms with Gasteiger partial charge in [-0.25, -0.2) is 4.98 Å². The topological polar surface area (TPSA) is 46.6 Å². The first-order valence-electron chi connectivity index (χ1n) is 7.72. The van der Waals surface area contributed by atoms with Crippen LogP contribution in [-0.2, 0) is 6.42 Å². The molecule has 1 aliphatic rings. The Labute approximate surface area is 120 Å². The lowest BCUT2D eigenvalue weighted by molar-refractivity contribution is 0.705. The molecule has 0 amide bonds. The van der Waals surface area contributed by atoms with E-state index in [1.807, 2.05) is 6.07 Å². The molecule has 4 nitrogen and oxygen atoms in total. The van der Waals surface area contributed by atoms with E-state index in [9.17, 15) is 0 Å². The smallest absolute Gasteiger partial charge is 0.151 e. The fourth-order valence-corrected chi connectivity index (χ4v) is 3.06. The molecule has 0 aromatic carbocycles. The van der Waals surface area contributed by atoms with Gasteiger partial charge in [-0.15, -0.1) is 0 Å². The Kier molecular flexibility index (Phi) is 3.92. The molecule has 0 saturated carbocycles. The standard InChI is InChI=1S/C16H24N4/c1-13(17)12-14-16(19-9-5-2-3-6-10-19)18-15-8-4-7-11-20(14)15/h4,7-8,11,13H,2-3,5-6,9-10,12,17H2,1H3. The van der Waals surface area contributed by atoms with Gasteiger partial charge in [0.2, 0.25) is 0 Å². The van der Waals surface area contributed by atoms with Crippen molar-refractivity contribution >= 4 is 11.5 Å². The molecule has 0 spiro atoms. The molecule has 3 rings (SSSR count). The van der Waals surface area contributed by atoms with Crippen LogP contribution in [0.4, 0.5) is 5.82 Å². The fraction of sp³-hybridized carbons (Fsp3) is 0.562. The third-order valence-corrected chi connectivity index (χ3v) is 4.03. The van der Waals surface area contributed by atoms with Crippen LogP contribution < -0.4 is 10.6 Å². The Hall–Kier alpha value is -1.55. The summed E-state index contributed by atoms with van der Waals surface area (Å²) in [5.74, 6) is 1.15. The lowest BCUT2D eigenvalue weighted by Gasteiger charge is -2.22. The lowest BCUT2D eigenvalue weighted by Crippen LogP contribution is -2.27. The fourth-order valence-electron chi connectivity index (χ4n) is 3.06. The number of nitrogens with zero attached hydrogens (tertiary/aromatic N) is 3. The molecule has 1 unspecified atom stereocenters. The van der Waals surface area contributed by atoms with Crippen molar-refractivity contribution in [3.63, 3.8) is 0 Å². The SMILES string of the molecule is CC(N)Cc1c(N2CCCCCC2)nc2ccccn12. The molecular formula is C16H24N4. The molecule has 2 aromatic heterocycles. The summed E-state index contributed by atoms with van der Waals surface area (Å²) in [7, 11) is 0. The van der Waals surface area contributed by atoms with Crippen LogP contribution in [0.15, 0.2) is 24.4 Å². The second kappa shape index (κ2) is 5.83. The average molecular weight is 272 g/mol. The van der Waals surface area contributed by atoms with Crippen molar-refractivity contribution in [2.45, 2.75) is 45.1 Å². The van der Waals surface area contributed by atoms with Crippen molar-refractivity contribution in [1.29, 1.82) is 0 Å². The Morgan fingerprint density at radius 2 is 1.95 bits per heavy atom. The molecular weight excluding hydrogens is 248 g/mol. The second-order valence-electron chi connectivity index (χ2n) is 5.89. The van der Waals surface area contributed by atoms with Gasteiger partial charge in [0.25, 0.3) is 0 Å². The van der Waals surface area contributed by atoms with Gasteiger partial charge < -0.3 is 15.0 Å². The highest BCUT2D eigenvalue weighted by molar-refractivity contribution is 5.56. The Morgan fingerprint density at radius 1 is 1.20 bits per heavy atom. The van der Waals surface area contributed by atoms with Crippen LogP contribution in [0.1, 0.15) is 38.3 Å². The average Bonchev–Trinajstić information content (AvgIpc) is 2.64. The first-order valence-corrected chi connectivity index (χ1v) is 7.72. The maximum atomic E-state index is 6.04. The van der Waals surface area contributed by atoms with Crippen molar-refractivity contribution in [3.05, 3.63) is 30.1 Å². The summed E-state index contributed by atoms with van der Waals surface area (Å²) >= 11 is 0. The van der Waals surface area contributed by atoms with Crippen LogP contribution in [-0.4, -0.2) is 28.5 Å². The Balaban J connectivity index is 2.03. The van der Waals surface area contributed by atoms with Gasteiger partial charge >= 0.3 is 0 Å². The molecule has 4 heteroatoms. The van der Waals surface area contributed by atoms with Gasteiger partial charge in [0.1, 0.15) is 5.65 Å². The van der Waals surface area contributed by atoms with Gasteiger partial charge in [-0.3, -0.25) is 0 Å². The number of pyridine rings is 1. The largest absolute Gasteiger partial charge is 0.355 e. The second-order valence-corrected chi connectivity index (χ2v) is 5.89. The summed E-state index contributed by atoms with van der Waals surface area (Å²) in [6, 6.07) is 6.34.